The summed E-state index contributed by atoms with van der Waals surface area (Å²) in [6, 6.07) is 7.79. The van der Waals surface area contributed by atoms with Gasteiger partial charge in [-0.15, -0.1) is 0 Å². The summed E-state index contributed by atoms with van der Waals surface area (Å²) in [6.45, 7) is 3.17. The molecule has 6 heteroatoms. The Morgan fingerprint density at radius 2 is 2.10 bits per heavy atom. The van der Waals surface area contributed by atoms with Crippen LogP contribution in [-0.2, 0) is 24.3 Å². The minimum atomic E-state index is 0.100. The maximum absolute atomic E-state index is 12.2. The van der Waals surface area contributed by atoms with Crippen LogP contribution in [0.5, 0.6) is 0 Å². The Morgan fingerprint density at radius 3 is 2.95 bits per heavy atom. The van der Waals surface area contributed by atoms with Crippen molar-refractivity contribution < 1.29 is 4.79 Å². The van der Waals surface area contributed by atoms with Crippen LogP contribution in [0.1, 0.15) is 19.2 Å². The Kier molecular flexibility index (Phi) is 3.77. The van der Waals surface area contributed by atoms with Gasteiger partial charge in [-0.05, 0) is 18.6 Å². The largest absolute Gasteiger partial charge is 0.323 e. The standard InChI is InChI=1S/C15H17N5O/c1-2-7-20-15(16-10-18-20)8-12(21)9-19-11-17-13-5-3-4-6-14(13)19/h3-6,10-11H,2,7-9H2,1H3. The molecule has 2 aromatic heterocycles. The summed E-state index contributed by atoms with van der Waals surface area (Å²) in [4.78, 5) is 20.7. The van der Waals surface area contributed by atoms with E-state index in [-0.39, 0.29) is 5.78 Å². The highest BCUT2D eigenvalue weighted by Gasteiger charge is 2.12. The minimum absolute atomic E-state index is 0.100. The van der Waals surface area contributed by atoms with Crippen LogP contribution in [0.3, 0.4) is 0 Å². The summed E-state index contributed by atoms with van der Waals surface area (Å²) in [5, 5.41) is 4.14. The Bertz CT molecular complexity index is 758. The normalized spacial score (nSPS) is 11.1. The molecule has 0 spiro atoms. The Morgan fingerprint density at radius 1 is 1.24 bits per heavy atom. The number of carbonyl (C=O) groups excluding carboxylic acids is 1. The monoisotopic (exact) mass is 283 g/mol. The van der Waals surface area contributed by atoms with Gasteiger partial charge in [0.15, 0.2) is 5.78 Å². The smallest absolute Gasteiger partial charge is 0.160 e. The van der Waals surface area contributed by atoms with Crippen molar-refractivity contribution in [3.8, 4) is 0 Å². The van der Waals surface area contributed by atoms with Crippen LogP contribution in [-0.4, -0.2) is 30.1 Å². The second-order valence-electron chi connectivity index (χ2n) is 4.98. The molecule has 0 aliphatic carbocycles. The summed E-state index contributed by atoms with van der Waals surface area (Å²) in [5.41, 5.74) is 1.88. The van der Waals surface area contributed by atoms with Crippen LogP contribution in [0.2, 0.25) is 0 Å². The number of fused-ring (bicyclic) bond motifs is 1. The molecular formula is C15H17N5O. The Labute approximate surface area is 122 Å². The van der Waals surface area contributed by atoms with E-state index in [4.69, 9.17) is 0 Å². The van der Waals surface area contributed by atoms with Gasteiger partial charge in [-0.2, -0.15) is 5.10 Å². The Hall–Kier alpha value is -2.50. The molecule has 21 heavy (non-hydrogen) atoms. The van der Waals surface area contributed by atoms with Crippen LogP contribution >= 0.6 is 0 Å². The summed E-state index contributed by atoms with van der Waals surface area (Å²) < 4.78 is 3.67. The lowest BCUT2D eigenvalue weighted by Gasteiger charge is -2.05. The number of imidazole rings is 1. The fourth-order valence-corrected chi connectivity index (χ4v) is 2.38. The molecule has 0 amide bonds. The molecule has 0 fully saturated rings. The molecule has 0 aliphatic heterocycles. The number of carbonyl (C=O) groups is 1. The number of hydrogen-bond donors (Lipinski definition) is 0. The van der Waals surface area contributed by atoms with Gasteiger partial charge in [0.25, 0.3) is 0 Å². The average Bonchev–Trinajstić information content (AvgIpc) is 3.08. The van der Waals surface area contributed by atoms with Gasteiger partial charge in [0, 0.05) is 6.54 Å². The highest BCUT2D eigenvalue weighted by Crippen LogP contribution is 2.12. The van der Waals surface area contributed by atoms with Gasteiger partial charge < -0.3 is 4.57 Å². The number of ketones is 1. The molecule has 108 valence electrons. The lowest BCUT2D eigenvalue weighted by molar-refractivity contribution is -0.119. The lowest BCUT2D eigenvalue weighted by Crippen LogP contribution is -2.16. The topological polar surface area (TPSA) is 65.6 Å². The summed E-state index contributed by atoms with van der Waals surface area (Å²) in [5.74, 6) is 0.828. The molecule has 0 radical (unpaired) electrons. The number of aryl methyl sites for hydroxylation is 1. The van der Waals surface area contributed by atoms with E-state index in [0.29, 0.717) is 13.0 Å². The van der Waals surface area contributed by atoms with Gasteiger partial charge in [0.05, 0.1) is 30.3 Å². The predicted molar refractivity (Wildman–Crippen MR) is 78.8 cm³/mol. The molecule has 0 bridgehead atoms. The van der Waals surface area contributed by atoms with E-state index in [2.05, 4.69) is 22.0 Å². The third-order valence-corrected chi connectivity index (χ3v) is 3.36. The van der Waals surface area contributed by atoms with Crippen molar-refractivity contribution in [1.29, 1.82) is 0 Å². The van der Waals surface area contributed by atoms with E-state index in [0.717, 1.165) is 29.8 Å². The number of benzene rings is 1. The summed E-state index contributed by atoms with van der Waals surface area (Å²) in [7, 11) is 0. The fourth-order valence-electron chi connectivity index (χ4n) is 2.38. The first-order valence-corrected chi connectivity index (χ1v) is 7.06. The van der Waals surface area contributed by atoms with E-state index < -0.39 is 0 Å². The quantitative estimate of drug-likeness (QED) is 0.692. The number of hydrogen-bond acceptors (Lipinski definition) is 4. The fraction of sp³-hybridized carbons (Fsp3) is 0.333. The van der Waals surface area contributed by atoms with Gasteiger partial charge >= 0.3 is 0 Å². The average molecular weight is 283 g/mol. The maximum atomic E-state index is 12.2. The molecule has 0 saturated heterocycles. The highest BCUT2D eigenvalue weighted by atomic mass is 16.1. The van der Waals surface area contributed by atoms with Crippen LogP contribution in [0.4, 0.5) is 0 Å². The minimum Gasteiger partial charge on any atom is -0.323 e. The number of Topliss-reactive ketones (excluding diaryl/α,β-unsaturated/α-hetero) is 1. The molecular weight excluding hydrogens is 266 g/mol. The Balaban J connectivity index is 1.73. The number of nitrogens with zero attached hydrogens (tertiary/aromatic N) is 5. The van der Waals surface area contributed by atoms with E-state index >= 15 is 0 Å². The second-order valence-corrected chi connectivity index (χ2v) is 4.98. The first-order valence-electron chi connectivity index (χ1n) is 7.06. The van der Waals surface area contributed by atoms with Gasteiger partial charge in [0.2, 0.25) is 0 Å². The second kappa shape index (κ2) is 5.87. The van der Waals surface area contributed by atoms with Crippen molar-refractivity contribution in [2.24, 2.45) is 0 Å². The molecule has 3 aromatic rings. The van der Waals surface area contributed by atoms with Crippen LogP contribution < -0.4 is 0 Å². The molecule has 2 heterocycles. The van der Waals surface area contributed by atoms with Crippen molar-refractivity contribution in [2.45, 2.75) is 32.9 Å². The molecule has 0 N–H and O–H groups in total. The van der Waals surface area contributed by atoms with E-state index in [1.54, 1.807) is 11.0 Å². The number of aromatic nitrogens is 5. The van der Waals surface area contributed by atoms with Gasteiger partial charge in [-0.3, -0.25) is 4.79 Å². The van der Waals surface area contributed by atoms with Crippen LogP contribution in [0.25, 0.3) is 11.0 Å². The van der Waals surface area contributed by atoms with Crippen molar-refractivity contribution in [2.75, 3.05) is 0 Å². The van der Waals surface area contributed by atoms with Crippen LogP contribution in [0.15, 0.2) is 36.9 Å². The summed E-state index contributed by atoms with van der Waals surface area (Å²) >= 11 is 0. The third-order valence-electron chi connectivity index (χ3n) is 3.36. The first-order chi connectivity index (χ1) is 10.3. The highest BCUT2D eigenvalue weighted by molar-refractivity contribution is 5.82. The zero-order valence-corrected chi connectivity index (χ0v) is 11.9. The summed E-state index contributed by atoms with van der Waals surface area (Å²) in [6.07, 6.45) is 4.48. The van der Waals surface area contributed by atoms with Gasteiger partial charge in [0.1, 0.15) is 12.2 Å². The maximum Gasteiger partial charge on any atom is 0.160 e. The SMILES string of the molecule is CCCn1ncnc1CC(=O)Cn1cnc2ccccc21. The zero-order chi connectivity index (χ0) is 14.7. The predicted octanol–water partition coefficient (Wildman–Crippen LogP) is 1.85. The van der Waals surface area contributed by atoms with Crippen LogP contribution in [0, 0.1) is 0 Å². The molecule has 0 unspecified atom stereocenters. The van der Waals surface area contributed by atoms with Gasteiger partial charge in [-0.1, -0.05) is 19.1 Å². The van der Waals surface area contributed by atoms with Crippen molar-refractivity contribution in [1.82, 2.24) is 24.3 Å². The number of para-hydroxylation sites is 2. The third kappa shape index (κ3) is 2.84. The number of rotatable bonds is 6. The lowest BCUT2D eigenvalue weighted by atomic mass is 10.2. The van der Waals surface area contributed by atoms with E-state index in [9.17, 15) is 4.79 Å². The zero-order valence-electron chi connectivity index (χ0n) is 11.9. The van der Waals surface area contributed by atoms with Gasteiger partial charge in [-0.25, -0.2) is 14.6 Å². The van der Waals surface area contributed by atoms with Crippen molar-refractivity contribution in [3.63, 3.8) is 0 Å². The molecule has 0 aliphatic rings. The molecule has 3 rings (SSSR count). The van der Waals surface area contributed by atoms with Crippen molar-refractivity contribution >= 4 is 16.8 Å². The molecule has 1 aromatic carbocycles. The molecule has 6 nitrogen and oxygen atoms in total. The molecule has 0 atom stereocenters. The molecule has 0 saturated carbocycles. The van der Waals surface area contributed by atoms with Crippen molar-refractivity contribution in [3.05, 3.63) is 42.7 Å². The first kappa shape index (κ1) is 13.5. The van der Waals surface area contributed by atoms with E-state index in [1.807, 2.05) is 28.8 Å². The van der Waals surface area contributed by atoms with E-state index in [1.165, 1.54) is 6.33 Å².